The van der Waals surface area contributed by atoms with Gasteiger partial charge in [0.05, 0.1) is 30.1 Å². The predicted molar refractivity (Wildman–Crippen MR) is 96.1 cm³/mol. The molecule has 0 bridgehead atoms. The van der Waals surface area contributed by atoms with E-state index in [0.29, 0.717) is 13.2 Å². The van der Waals surface area contributed by atoms with Gasteiger partial charge in [0.25, 0.3) is 7.41 Å². The van der Waals surface area contributed by atoms with Crippen LogP contribution in [0.2, 0.25) is 0 Å². The lowest BCUT2D eigenvalue weighted by atomic mass is 9.82. The van der Waals surface area contributed by atoms with Crippen molar-refractivity contribution < 1.29 is 19.3 Å². The third kappa shape index (κ3) is 4.93. The first-order valence-electron chi connectivity index (χ1n) is 8.20. The molecule has 5 nitrogen and oxygen atoms in total. The van der Waals surface area contributed by atoms with Crippen molar-refractivity contribution >= 4 is 26.5 Å². The molecule has 1 atom stereocenters. The molecule has 1 N–H and O–H groups in total. The van der Waals surface area contributed by atoms with Gasteiger partial charge in [0.1, 0.15) is 0 Å². The fourth-order valence-corrected chi connectivity index (χ4v) is 2.24. The Morgan fingerprint density at radius 1 is 1.29 bits per heavy atom. The monoisotopic (exact) mass is 329 g/mol. The Morgan fingerprint density at radius 3 is 2.54 bits per heavy atom. The summed E-state index contributed by atoms with van der Waals surface area (Å²) in [5.74, 6) is 0. The fraction of sp³-hybridized carbons (Fsp3) is 0.588. The number of aliphatic hydroxyl groups is 1. The van der Waals surface area contributed by atoms with Crippen molar-refractivity contribution in [3.8, 4) is 0 Å². The third-order valence-electron chi connectivity index (χ3n) is 4.64. The van der Waals surface area contributed by atoms with Gasteiger partial charge in [0, 0.05) is 13.1 Å². The number of carbonyl (C=O) groups excluding carboxylic acids is 1. The highest BCUT2D eigenvalue weighted by atomic mass is 16.5. The van der Waals surface area contributed by atoms with E-state index in [1.165, 1.54) is 0 Å². The topological polar surface area (TPSA) is 59.0 Å². The summed E-state index contributed by atoms with van der Waals surface area (Å²) in [7, 11) is 3.22. The Bertz CT molecular complexity index is 543. The van der Waals surface area contributed by atoms with Crippen LogP contribution in [0.3, 0.4) is 0 Å². The molecule has 2 radical (unpaired) electrons. The van der Waals surface area contributed by atoms with E-state index in [2.05, 4.69) is 0 Å². The van der Waals surface area contributed by atoms with E-state index in [-0.39, 0.29) is 6.10 Å². The zero-order valence-electron chi connectivity index (χ0n) is 14.9. The van der Waals surface area contributed by atoms with Gasteiger partial charge < -0.3 is 24.1 Å². The number of hydrogen-bond acceptors (Lipinski definition) is 5. The molecule has 7 heteroatoms. The van der Waals surface area contributed by atoms with Gasteiger partial charge in [-0.25, -0.2) is 0 Å². The van der Waals surface area contributed by atoms with Crippen LogP contribution < -0.4 is 5.46 Å². The Kier molecular flexibility index (Phi) is 6.26. The van der Waals surface area contributed by atoms with Gasteiger partial charge in [-0.1, -0.05) is 29.7 Å². The molecule has 0 aromatic heterocycles. The largest absolute Gasteiger partial charge is 0.427 e. The normalized spacial score (nSPS) is 19.8. The highest BCUT2D eigenvalue weighted by Gasteiger charge is 2.35. The van der Waals surface area contributed by atoms with Crippen molar-refractivity contribution in [2.24, 2.45) is 0 Å². The van der Waals surface area contributed by atoms with Gasteiger partial charge in [0.2, 0.25) is 0 Å². The molecule has 1 saturated heterocycles. The number of hydrogen-bond donors (Lipinski definition) is 1. The van der Waals surface area contributed by atoms with Gasteiger partial charge in [-0.05, 0) is 33.3 Å². The number of ether oxygens (including phenoxy) is 1. The van der Waals surface area contributed by atoms with Gasteiger partial charge in [-0.3, -0.25) is 0 Å². The van der Waals surface area contributed by atoms with Crippen molar-refractivity contribution in [1.29, 1.82) is 0 Å². The minimum absolute atomic E-state index is 0.0438. The minimum Gasteiger partial charge on any atom is -0.427 e. The van der Waals surface area contributed by atoms with Crippen LogP contribution in [0.15, 0.2) is 24.3 Å². The summed E-state index contributed by atoms with van der Waals surface area (Å²) in [5.41, 5.74) is 0.349. The average Bonchev–Trinajstić information content (AvgIpc) is 2.53. The second-order valence-electron chi connectivity index (χ2n) is 7.11. The van der Waals surface area contributed by atoms with Crippen LogP contribution in [0.1, 0.15) is 39.4 Å². The van der Waals surface area contributed by atoms with Gasteiger partial charge in [-0.15, -0.1) is 0 Å². The molecular formula is C17H25B2NO4. The first-order chi connectivity index (χ1) is 11.2. The van der Waals surface area contributed by atoms with E-state index in [4.69, 9.17) is 9.39 Å². The maximum Gasteiger partial charge on any atom is 0.330 e. The molecule has 1 aliphatic heterocycles. The molecule has 24 heavy (non-hydrogen) atoms. The Labute approximate surface area is 145 Å². The van der Waals surface area contributed by atoms with E-state index >= 15 is 0 Å². The van der Waals surface area contributed by atoms with E-state index < -0.39 is 11.2 Å². The summed E-state index contributed by atoms with van der Waals surface area (Å²) >= 11 is 0. The standard InChI is InChI=1S/C17H25B2NO4/c1-16(2,22)17(3,4)24-19-14-7-5-13(6-8-14)15-11-20(18-12-21)9-10-23-15/h5-8,12,15,22H,9-11H2,1-4H3. The summed E-state index contributed by atoms with van der Waals surface area (Å²) in [6, 6.07) is 7.92. The molecule has 1 heterocycles. The number of morpholine rings is 1. The van der Waals surface area contributed by atoms with Crippen molar-refractivity contribution in [1.82, 2.24) is 4.81 Å². The second-order valence-corrected chi connectivity index (χ2v) is 7.11. The maximum absolute atomic E-state index is 10.6. The molecule has 0 saturated carbocycles. The highest BCUT2D eigenvalue weighted by molar-refractivity contribution is 6.64. The summed E-state index contributed by atoms with van der Waals surface area (Å²) in [6.45, 7) is 9.17. The van der Waals surface area contributed by atoms with Crippen molar-refractivity contribution in [3.05, 3.63) is 29.8 Å². The number of benzene rings is 1. The Morgan fingerprint density at radius 2 is 1.96 bits per heavy atom. The molecule has 2 rings (SSSR count). The molecule has 1 aromatic rings. The molecule has 1 fully saturated rings. The predicted octanol–water partition coefficient (Wildman–Crippen LogP) is 0.680. The molecule has 1 aromatic carbocycles. The van der Waals surface area contributed by atoms with E-state index in [0.717, 1.165) is 23.8 Å². The molecule has 0 amide bonds. The number of nitrogens with zero attached hydrogens (tertiary/aromatic N) is 1. The van der Waals surface area contributed by atoms with Crippen LogP contribution in [0.4, 0.5) is 0 Å². The van der Waals surface area contributed by atoms with Crippen LogP contribution >= 0.6 is 0 Å². The molecule has 128 valence electrons. The third-order valence-corrected chi connectivity index (χ3v) is 4.64. The average molecular weight is 329 g/mol. The maximum atomic E-state index is 10.6. The van der Waals surface area contributed by atoms with Crippen LogP contribution in [0, 0.1) is 0 Å². The van der Waals surface area contributed by atoms with Gasteiger partial charge in [0.15, 0.2) is 0 Å². The molecule has 1 aliphatic rings. The highest BCUT2D eigenvalue weighted by Crippen LogP contribution is 2.24. The molecule has 0 spiro atoms. The zero-order valence-corrected chi connectivity index (χ0v) is 14.9. The first-order valence-corrected chi connectivity index (χ1v) is 8.20. The summed E-state index contributed by atoms with van der Waals surface area (Å²) < 4.78 is 11.5. The smallest absolute Gasteiger partial charge is 0.330 e. The first kappa shape index (κ1) is 19.2. The zero-order chi connectivity index (χ0) is 17.8. The SMILES string of the molecule is CC(C)(O)C(C)(C)O[B]c1ccc(C2CN([B]C=O)CCO2)cc1. The van der Waals surface area contributed by atoms with E-state index in [1.807, 2.05) is 42.9 Å². The quantitative estimate of drug-likeness (QED) is 0.589. The molecule has 1 unspecified atom stereocenters. The van der Waals surface area contributed by atoms with Crippen LogP contribution in [0.25, 0.3) is 0 Å². The Hall–Kier alpha value is -1.14. The van der Waals surface area contributed by atoms with Crippen LogP contribution in [-0.4, -0.2) is 61.9 Å². The fourth-order valence-electron chi connectivity index (χ4n) is 2.24. The summed E-state index contributed by atoms with van der Waals surface area (Å²) in [6.07, 6.45) is 0.764. The molecule has 0 aliphatic carbocycles. The Balaban J connectivity index is 1.94. The van der Waals surface area contributed by atoms with Gasteiger partial charge >= 0.3 is 7.48 Å². The van der Waals surface area contributed by atoms with E-state index in [9.17, 15) is 9.90 Å². The number of rotatable bonds is 7. The van der Waals surface area contributed by atoms with Crippen LogP contribution in [0.5, 0.6) is 0 Å². The summed E-state index contributed by atoms with van der Waals surface area (Å²) in [5, 5.41) is 10.1. The minimum atomic E-state index is -0.947. The molecular weight excluding hydrogens is 304 g/mol. The van der Waals surface area contributed by atoms with Crippen LogP contribution in [-0.2, 0) is 14.2 Å². The van der Waals surface area contributed by atoms with E-state index in [1.54, 1.807) is 28.7 Å². The lowest BCUT2D eigenvalue weighted by Crippen LogP contribution is -2.49. The van der Waals surface area contributed by atoms with Crippen molar-refractivity contribution in [2.75, 3.05) is 19.7 Å². The lowest BCUT2D eigenvalue weighted by Gasteiger charge is -2.37. The van der Waals surface area contributed by atoms with Crippen molar-refractivity contribution in [2.45, 2.75) is 45.0 Å². The lowest BCUT2D eigenvalue weighted by molar-refractivity contribution is -0.0893. The van der Waals surface area contributed by atoms with Gasteiger partial charge in [-0.2, -0.15) is 0 Å². The van der Waals surface area contributed by atoms with Crippen molar-refractivity contribution in [3.63, 3.8) is 0 Å². The number of carbonyl (C=O) groups is 1. The summed E-state index contributed by atoms with van der Waals surface area (Å²) in [4.78, 5) is 12.6. The second kappa shape index (κ2) is 7.83.